The summed E-state index contributed by atoms with van der Waals surface area (Å²) in [5.41, 5.74) is 2.54. The second-order valence-electron chi connectivity index (χ2n) is 8.51. The minimum Gasteiger partial charge on any atom is -0.355 e. The van der Waals surface area contributed by atoms with Crippen LogP contribution in [0.5, 0.6) is 0 Å². The van der Waals surface area contributed by atoms with E-state index in [1.807, 2.05) is 0 Å². The Balaban J connectivity index is 1.59. The summed E-state index contributed by atoms with van der Waals surface area (Å²) in [7, 11) is -3.13. The van der Waals surface area contributed by atoms with Gasteiger partial charge in [-0.05, 0) is 38.2 Å². The maximum absolute atomic E-state index is 12.4. The van der Waals surface area contributed by atoms with Crippen LogP contribution in [0.15, 0.2) is 24.3 Å². The lowest BCUT2D eigenvalue weighted by Gasteiger charge is -2.38. The fourth-order valence-electron chi connectivity index (χ4n) is 4.78. The molecule has 0 heterocycles. The molecule has 150 valence electrons. The summed E-state index contributed by atoms with van der Waals surface area (Å²) in [6.07, 6.45) is 9.38. The molecular weight excluding hydrogens is 358 g/mol. The van der Waals surface area contributed by atoms with Gasteiger partial charge in [0, 0.05) is 18.4 Å². The molecule has 0 radical (unpaired) electrons. The molecule has 0 saturated heterocycles. The molecule has 0 bridgehead atoms. The van der Waals surface area contributed by atoms with E-state index >= 15 is 0 Å². The first-order chi connectivity index (χ1) is 12.9. The predicted octanol–water partition coefficient (Wildman–Crippen LogP) is 4.06. The number of aryl methyl sites for hydroxylation is 1. The van der Waals surface area contributed by atoms with Crippen molar-refractivity contribution in [1.82, 2.24) is 5.32 Å². The molecule has 0 spiro atoms. The summed E-state index contributed by atoms with van der Waals surface area (Å²) in [5, 5.41) is 2.85. The molecular formula is C22H33NO3S. The molecule has 0 aliphatic heterocycles. The molecule has 27 heavy (non-hydrogen) atoms. The van der Waals surface area contributed by atoms with Crippen molar-refractivity contribution in [2.45, 2.75) is 81.8 Å². The smallest absolute Gasteiger partial charge is 0.221 e. The third-order valence-corrected chi connectivity index (χ3v) is 8.75. The Morgan fingerprint density at radius 1 is 1.11 bits per heavy atom. The molecule has 0 aromatic heterocycles. The van der Waals surface area contributed by atoms with Crippen molar-refractivity contribution in [3.8, 4) is 0 Å². The molecule has 2 aliphatic carbocycles. The largest absolute Gasteiger partial charge is 0.355 e. The molecule has 2 aliphatic rings. The normalized spacial score (nSPS) is 20.5. The zero-order valence-electron chi connectivity index (χ0n) is 16.5. The minimum atomic E-state index is -3.13. The summed E-state index contributed by atoms with van der Waals surface area (Å²) >= 11 is 0. The second-order valence-corrected chi connectivity index (χ2v) is 10.9. The standard InChI is InChI=1S/C22H33NO3S/c1-18-8-7-9-19(16-18)22(13-5-2-6-14-22)17-23-21(24)12-15-27(25,26)20-10-3-4-11-20/h7-9,16,20H,2-6,10-15,17H2,1H3,(H,23,24). The van der Waals surface area contributed by atoms with Crippen LogP contribution < -0.4 is 5.32 Å². The summed E-state index contributed by atoms with van der Waals surface area (Å²) in [6, 6.07) is 8.61. The fraction of sp³-hybridized carbons (Fsp3) is 0.682. The van der Waals surface area contributed by atoms with Gasteiger partial charge in [0.05, 0.1) is 11.0 Å². The highest BCUT2D eigenvalue weighted by Gasteiger charge is 2.34. The van der Waals surface area contributed by atoms with Crippen molar-refractivity contribution in [1.29, 1.82) is 0 Å². The van der Waals surface area contributed by atoms with Crippen molar-refractivity contribution in [2.24, 2.45) is 0 Å². The number of carbonyl (C=O) groups is 1. The van der Waals surface area contributed by atoms with Crippen molar-refractivity contribution in [2.75, 3.05) is 12.3 Å². The molecule has 5 heteroatoms. The number of nitrogens with one attached hydrogen (secondary N) is 1. The number of benzene rings is 1. The van der Waals surface area contributed by atoms with Crippen LogP contribution in [0.25, 0.3) is 0 Å². The highest BCUT2D eigenvalue weighted by atomic mass is 32.2. The maximum Gasteiger partial charge on any atom is 0.221 e. The van der Waals surface area contributed by atoms with Gasteiger partial charge in [-0.2, -0.15) is 0 Å². The van der Waals surface area contributed by atoms with Crippen LogP contribution in [0.3, 0.4) is 0 Å². The lowest BCUT2D eigenvalue weighted by Crippen LogP contribution is -2.42. The first kappa shape index (κ1) is 20.4. The fourth-order valence-corrected chi connectivity index (χ4v) is 6.63. The molecule has 1 N–H and O–H groups in total. The number of amides is 1. The summed E-state index contributed by atoms with van der Waals surface area (Å²) in [5.74, 6) is -0.143. The van der Waals surface area contributed by atoms with E-state index in [0.29, 0.717) is 6.54 Å². The average Bonchev–Trinajstić information content (AvgIpc) is 3.21. The Kier molecular flexibility index (Phi) is 6.61. The Bertz CT molecular complexity index is 745. The Labute approximate surface area is 164 Å². The SMILES string of the molecule is Cc1cccc(C2(CNC(=O)CCS(=O)(=O)C3CCCC3)CCCCC2)c1. The quantitative estimate of drug-likeness (QED) is 0.762. The third kappa shape index (κ3) is 5.13. The van der Waals surface area contributed by atoms with Crippen LogP contribution in [0.1, 0.15) is 75.3 Å². The van der Waals surface area contributed by atoms with Crippen LogP contribution in [0.4, 0.5) is 0 Å². The van der Waals surface area contributed by atoms with E-state index in [1.54, 1.807) is 0 Å². The van der Waals surface area contributed by atoms with E-state index < -0.39 is 9.84 Å². The molecule has 1 amide bonds. The molecule has 0 atom stereocenters. The van der Waals surface area contributed by atoms with Crippen molar-refractivity contribution in [3.05, 3.63) is 35.4 Å². The van der Waals surface area contributed by atoms with Gasteiger partial charge in [0.25, 0.3) is 0 Å². The summed E-state index contributed by atoms with van der Waals surface area (Å²) < 4.78 is 24.8. The molecule has 1 aromatic carbocycles. The lowest BCUT2D eigenvalue weighted by molar-refractivity contribution is -0.121. The number of hydrogen-bond acceptors (Lipinski definition) is 3. The number of carbonyl (C=O) groups excluding carboxylic acids is 1. The average molecular weight is 392 g/mol. The first-order valence-corrected chi connectivity index (χ1v) is 12.2. The molecule has 2 saturated carbocycles. The Hall–Kier alpha value is -1.36. The van der Waals surface area contributed by atoms with Crippen LogP contribution in [-0.2, 0) is 20.0 Å². The van der Waals surface area contributed by atoms with Gasteiger partial charge in [0.2, 0.25) is 5.91 Å². The molecule has 3 rings (SSSR count). The van der Waals surface area contributed by atoms with Gasteiger partial charge in [-0.1, -0.05) is 61.9 Å². The Morgan fingerprint density at radius 3 is 2.48 bits per heavy atom. The van der Waals surface area contributed by atoms with E-state index in [-0.39, 0.29) is 28.7 Å². The number of sulfone groups is 1. The zero-order valence-corrected chi connectivity index (χ0v) is 17.3. The van der Waals surface area contributed by atoms with E-state index in [0.717, 1.165) is 38.5 Å². The molecule has 4 nitrogen and oxygen atoms in total. The summed E-state index contributed by atoms with van der Waals surface area (Å²) in [6.45, 7) is 2.71. The van der Waals surface area contributed by atoms with Gasteiger partial charge < -0.3 is 5.32 Å². The van der Waals surface area contributed by atoms with Gasteiger partial charge in [0.1, 0.15) is 0 Å². The van der Waals surface area contributed by atoms with E-state index in [2.05, 4.69) is 36.5 Å². The van der Waals surface area contributed by atoms with Crippen LogP contribution in [-0.4, -0.2) is 31.9 Å². The van der Waals surface area contributed by atoms with Crippen molar-refractivity contribution >= 4 is 15.7 Å². The molecule has 2 fully saturated rings. The van der Waals surface area contributed by atoms with E-state index in [4.69, 9.17) is 0 Å². The van der Waals surface area contributed by atoms with Gasteiger partial charge in [-0.3, -0.25) is 4.79 Å². The highest BCUT2D eigenvalue weighted by Crippen LogP contribution is 2.39. The Morgan fingerprint density at radius 2 is 1.81 bits per heavy atom. The highest BCUT2D eigenvalue weighted by molar-refractivity contribution is 7.92. The minimum absolute atomic E-state index is 0.00967. The number of hydrogen-bond donors (Lipinski definition) is 1. The van der Waals surface area contributed by atoms with E-state index in [1.165, 1.54) is 30.4 Å². The molecule has 0 unspecified atom stereocenters. The monoisotopic (exact) mass is 391 g/mol. The van der Waals surface area contributed by atoms with Gasteiger partial charge in [-0.25, -0.2) is 8.42 Å². The second kappa shape index (κ2) is 8.76. The maximum atomic E-state index is 12.4. The molecule has 1 aromatic rings. The van der Waals surface area contributed by atoms with Crippen LogP contribution >= 0.6 is 0 Å². The van der Waals surface area contributed by atoms with Gasteiger partial charge >= 0.3 is 0 Å². The topological polar surface area (TPSA) is 63.2 Å². The van der Waals surface area contributed by atoms with Crippen LogP contribution in [0, 0.1) is 6.92 Å². The van der Waals surface area contributed by atoms with Gasteiger partial charge in [-0.15, -0.1) is 0 Å². The van der Waals surface area contributed by atoms with Crippen molar-refractivity contribution in [3.63, 3.8) is 0 Å². The first-order valence-electron chi connectivity index (χ1n) is 10.5. The van der Waals surface area contributed by atoms with Crippen LogP contribution in [0.2, 0.25) is 0 Å². The lowest BCUT2D eigenvalue weighted by atomic mass is 9.69. The zero-order chi connectivity index (χ0) is 19.3. The predicted molar refractivity (Wildman–Crippen MR) is 110 cm³/mol. The van der Waals surface area contributed by atoms with Gasteiger partial charge in [0.15, 0.2) is 9.84 Å². The third-order valence-electron chi connectivity index (χ3n) is 6.49. The van der Waals surface area contributed by atoms with Crippen molar-refractivity contribution < 1.29 is 13.2 Å². The summed E-state index contributed by atoms with van der Waals surface area (Å²) in [4.78, 5) is 12.4. The van der Waals surface area contributed by atoms with E-state index in [9.17, 15) is 13.2 Å². The number of rotatable bonds is 7.